The molecule has 0 bridgehead atoms. The van der Waals surface area contributed by atoms with Gasteiger partial charge in [-0.15, -0.1) is 0 Å². The van der Waals surface area contributed by atoms with Crippen molar-refractivity contribution in [2.24, 2.45) is 0 Å². The number of rotatable bonds is 5. The molecule has 2 aromatic rings. The Hall–Kier alpha value is -2.31. The van der Waals surface area contributed by atoms with Crippen LogP contribution in [0.5, 0.6) is 5.75 Å². The number of ether oxygens (including phenoxy) is 1. The van der Waals surface area contributed by atoms with Crippen molar-refractivity contribution in [2.75, 3.05) is 13.7 Å². The molecule has 21 heavy (non-hydrogen) atoms. The minimum Gasteiger partial charge on any atom is -0.490 e. The highest BCUT2D eigenvalue weighted by atomic mass is 16.5. The Morgan fingerprint density at radius 3 is 2.38 bits per heavy atom. The zero-order valence-corrected chi connectivity index (χ0v) is 12.7. The monoisotopic (exact) mass is 280 g/mol. The first-order chi connectivity index (χ1) is 10.1. The Balaban J connectivity index is 2.21. The van der Waals surface area contributed by atoms with Crippen LogP contribution in [0, 0.1) is 25.2 Å². The van der Waals surface area contributed by atoms with E-state index in [0.29, 0.717) is 0 Å². The summed E-state index contributed by atoms with van der Waals surface area (Å²) in [5.41, 5.74) is 2.46. The van der Waals surface area contributed by atoms with Gasteiger partial charge in [0.25, 0.3) is 0 Å². The summed E-state index contributed by atoms with van der Waals surface area (Å²) in [6.07, 6.45) is 0. The number of nitriles is 1. The van der Waals surface area contributed by atoms with Crippen molar-refractivity contribution in [3.05, 3.63) is 65.2 Å². The molecule has 0 amide bonds. The Labute approximate surface area is 126 Å². The quantitative estimate of drug-likeness (QED) is 0.913. The van der Waals surface area contributed by atoms with Crippen LogP contribution in [0.1, 0.15) is 16.7 Å². The number of hydrogen-bond acceptors (Lipinski definition) is 3. The molecule has 0 aliphatic heterocycles. The summed E-state index contributed by atoms with van der Waals surface area (Å²) >= 11 is 0. The zero-order valence-electron chi connectivity index (χ0n) is 12.7. The van der Waals surface area contributed by atoms with Gasteiger partial charge in [0.15, 0.2) is 5.54 Å². The minimum absolute atomic E-state index is 0.256. The fourth-order valence-corrected chi connectivity index (χ4v) is 2.17. The molecule has 0 fully saturated rings. The lowest BCUT2D eigenvalue weighted by molar-refractivity contribution is 0.231. The highest BCUT2D eigenvalue weighted by Crippen LogP contribution is 2.23. The lowest BCUT2D eigenvalue weighted by Gasteiger charge is -2.26. The van der Waals surface area contributed by atoms with Gasteiger partial charge >= 0.3 is 0 Å². The molecule has 3 heteroatoms. The largest absolute Gasteiger partial charge is 0.490 e. The van der Waals surface area contributed by atoms with Crippen LogP contribution in [0.4, 0.5) is 0 Å². The van der Waals surface area contributed by atoms with Crippen molar-refractivity contribution < 1.29 is 4.74 Å². The van der Waals surface area contributed by atoms with Gasteiger partial charge in [-0.3, -0.25) is 5.32 Å². The molecule has 0 saturated heterocycles. The minimum atomic E-state index is -0.847. The second-order valence-corrected chi connectivity index (χ2v) is 5.17. The lowest BCUT2D eigenvalue weighted by atomic mass is 9.92. The van der Waals surface area contributed by atoms with Crippen LogP contribution in [0.3, 0.4) is 0 Å². The Morgan fingerprint density at radius 1 is 1.10 bits per heavy atom. The molecule has 0 saturated carbocycles. The van der Waals surface area contributed by atoms with Crippen LogP contribution in [0.25, 0.3) is 0 Å². The molecule has 2 rings (SSSR count). The van der Waals surface area contributed by atoms with Gasteiger partial charge in [-0.05, 0) is 49.7 Å². The van der Waals surface area contributed by atoms with Crippen molar-refractivity contribution >= 4 is 0 Å². The second-order valence-electron chi connectivity index (χ2n) is 5.17. The predicted octanol–water partition coefficient (Wildman–Crippen LogP) is 3.32. The molecular weight excluding hydrogens is 260 g/mol. The maximum absolute atomic E-state index is 9.61. The molecule has 2 aromatic carbocycles. The van der Waals surface area contributed by atoms with Crippen LogP contribution in [-0.4, -0.2) is 13.7 Å². The van der Waals surface area contributed by atoms with E-state index >= 15 is 0 Å². The third-order valence-electron chi connectivity index (χ3n) is 3.82. The molecule has 1 atom stereocenters. The number of nitrogens with one attached hydrogen (secondary N) is 1. The number of benzene rings is 2. The molecule has 1 N–H and O–H groups in total. The average Bonchev–Trinajstić information content (AvgIpc) is 2.53. The van der Waals surface area contributed by atoms with E-state index in [4.69, 9.17) is 4.74 Å². The number of nitrogens with zero attached hydrogens (tertiary/aromatic N) is 1. The highest BCUT2D eigenvalue weighted by molar-refractivity contribution is 5.35. The van der Waals surface area contributed by atoms with Crippen molar-refractivity contribution in [3.8, 4) is 11.8 Å². The smallest absolute Gasteiger partial charge is 0.166 e. The van der Waals surface area contributed by atoms with E-state index in [1.807, 2.05) is 48.5 Å². The van der Waals surface area contributed by atoms with E-state index in [0.717, 1.165) is 11.3 Å². The Bertz CT molecular complexity index is 646. The van der Waals surface area contributed by atoms with Crippen molar-refractivity contribution in [2.45, 2.75) is 19.4 Å². The van der Waals surface area contributed by atoms with Crippen LogP contribution >= 0.6 is 0 Å². The third-order valence-corrected chi connectivity index (χ3v) is 3.82. The molecular formula is C18H20N2O. The van der Waals surface area contributed by atoms with E-state index in [2.05, 4.69) is 25.2 Å². The summed E-state index contributed by atoms with van der Waals surface area (Å²) in [7, 11) is 1.78. The maximum Gasteiger partial charge on any atom is 0.166 e. The topological polar surface area (TPSA) is 45.0 Å². The molecule has 0 spiro atoms. The second kappa shape index (κ2) is 6.43. The molecule has 0 aliphatic carbocycles. The predicted molar refractivity (Wildman–Crippen MR) is 84.2 cm³/mol. The number of likely N-dealkylation sites (N-methyl/N-ethyl adjacent to an activating group) is 1. The highest BCUT2D eigenvalue weighted by Gasteiger charge is 2.31. The summed E-state index contributed by atoms with van der Waals surface area (Å²) in [6.45, 7) is 4.37. The number of hydrogen-bond donors (Lipinski definition) is 1. The molecule has 0 aliphatic rings. The van der Waals surface area contributed by atoms with E-state index in [9.17, 15) is 5.26 Å². The summed E-state index contributed by atoms with van der Waals surface area (Å²) in [5, 5.41) is 12.7. The van der Waals surface area contributed by atoms with E-state index in [-0.39, 0.29) is 6.61 Å². The molecule has 108 valence electrons. The molecule has 1 unspecified atom stereocenters. The van der Waals surface area contributed by atoms with Gasteiger partial charge in [0.05, 0.1) is 6.07 Å². The maximum atomic E-state index is 9.61. The summed E-state index contributed by atoms with van der Waals surface area (Å²) in [4.78, 5) is 0. The van der Waals surface area contributed by atoms with Crippen LogP contribution < -0.4 is 10.1 Å². The van der Waals surface area contributed by atoms with Gasteiger partial charge in [-0.2, -0.15) is 5.26 Å². The molecule has 0 heterocycles. The molecule has 0 aromatic heterocycles. The zero-order chi connectivity index (χ0) is 15.3. The van der Waals surface area contributed by atoms with Gasteiger partial charge in [-0.1, -0.05) is 36.4 Å². The fourth-order valence-electron chi connectivity index (χ4n) is 2.17. The van der Waals surface area contributed by atoms with Crippen LogP contribution in [-0.2, 0) is 5.54 Å². The van der Waals surface area contributed by atoms with Crippen molar-refractivity contribution in [3.63, 3.8) is 0 Å². The van der Waals surface area contributed by atoms with E-state index in [1.165, 1.54) is 11.1 Å². The molecule has 3 nitrogen and oxygen atoms in total. The first-order valence-electron chi connectivity index (χ1n) is 6.97. The Morgan fingerprint density at radius 2 is 1.81 bits per heavy atom. The summed E-state index contributed by atoms with van der Waals surface area (Å²) in [6, 6.07) is 18.0. The van der Waals surface area contributed by atoms with Gasteiger partial charge in [-0.25, -0.2) is 0 Å². The standard InChI is InChI=1S/C18H20N2O/c1-14-9-10-17(11-15(14)2)21-13-18(12-19,20-3)16-7-5-4-6-8-16/h4-11,20H,13H2,1-3H3. The first kappa shape index (κ1) is 15.1. The average molecular weight is 280 g/mol. The summed E-state index contributed by atoms with van der Waals surface area (Å²) < 4.78 is 5.86. The molecule has 0 radical (unpaired) electrons. The van der Waals surface area contributed by atoms with Crippen molar-refractivity contribution in [1.82, 2.24) is 5.32 Å². The number of aryl methyl sites for hydroxylation is 2. The third kappa shape index (κ3) is 3.24. The van der Waals surface area contributed by atoms with Gasteiger partial charge in [0.1, 0.15) is 12.4 Å². The van der Waals surface area contributed by atoms with Gasteiger partial charge in [0.2, 0.25) is 0 Å². The van der Waals surface area contributed by atoms with Crippen molar-refractivity contribution in [1.29, 1.82) is 5.26 Å². The fraction of sp³-hybridized carbons (Fsp3) is 0.278. The van der Waals surface area contributed by atoms with Crippen LogP contribution in [0.15, 0.2) is 48.5 Å². The first-order valence-corrected chi connectivity index (χ1v) is 6.97. The van der Waals surface area contributed by atoms with E-state index in [1.54, 1.807) is 7.05 Å². The van der Waals surface area contributed by atoms with Gasteiger partial charge in [0, 0.05) is 0 Å². The van der Waals surface area contributed by atoms with Gasteiger partial charge < -0.3 is 4.74 Å². The summed E-state index contributed by atoms with van der Waals surface area (Å²) in [5.74, 6) is 0.781. The SMILES string of the molecule is CNC(C#N)(COc1ccc(C)c(C)c1)c1ccccc1. The normalized spacial score (nSPS) is 13.2. The van der Waals surface area contributed by atoms with Crippen LogP contribution in [0.2, 0.25) is 0 Å². The van der Waals surface area contributed by atoms with E-state index < -0.39 is 5.54 Å². The Kier molecular flexibility index (Phi) is 4.62. The lowest BCUT2D eigenvalue weighted by Crippen LogP contribution is -2.44.